The van der Waals surface area contributed by atoms with Gasteiger partial charge < -0.3 is 5.32 Å². The summed E-state index contributed by atoms with van der Waals surface area (Å²) in [5.74, 6) is -0.963. The van der Waals surface area contributed by atoms with Crippen LogP contribution in [0, 0.1) is 5.82 Å². The molecule has 108 valence electrons. The normalized spacial score (nSPS) is 10.9. The van der Waals surface area contributed by atoms with Crippen LogP contribution in [0.3, 0.4) is 0 Å². The van der Waals surface area contributed by atoms with Crippen molar-refractivity contribution < 1.29 is 9.18 Å². The van der Waals surface area contributed by atoms with Crippen LogP contribution in [0.2, 0.25) is 15.1 Å². The summed E-state index contributed by atoms with van der Waals surface area (Å²) >= 11 is 17.6. The number of benzene rings is 2. The molecular weight excluding hydrogens is 336 g/mol. The van der Waals surface area contributed by atoms with E-state index in [0.29, 0.717) is 15.7 Å². The number of nitrogens with one attached hydrogen (secondary N) is 1. The van der Waals surface area contributed by atoms with Gasteiger partial charge in [0.1, 0.15) is 5.82 Å². The lowest BCUT2D eigenvalue weighted by molar-refractivity contribution is -0.111. The van der Waals surface area contributed by atoms with Gasteiger partial charge in [0.15, 0.2) is 0 Å². The molecule has 0 aliphatic rings. The molecule has 0 saturated heterocycles. The first-order valence-corrected chi connectivity index (χ1v) is 6.99. The first-order valence-electron chi connectivity index (χ1n) is 5.85. The fraction of sp³-hybridized carbons (Fsp3) is 0. The zero-order chi connectivity index (χ0) is 15.4. The molecule has 1 N–H and O–H groups in total. The molecule has 0 heterocycles. The van der Waals surface area contributed by atoms with E-state index in [1.807, 2.05) is 0 Å². The van der Waals surface area contributed by atoms with Crippen molar-refractivity contribution in [1.29, 1.82) is 0 Å². The van der Waals surface area contributed by atoms with Gasteiger partial charge in [0.25, 0.3) is 0 Å². The third-order valence-electron chi connectivity index (χ3n) is 2.59. The molecule has 0 atom stereocenters. The smallest absolute Gasteiger partial charge is 0.248 e. The average Bonchev–Trinajstić information content (AvgIpc) is 2.41. The maximum absolute atomic E-state index is 13.5. The predicted octanol–water partition coefficient (Wildman–Crippen LogP) is 5.44. The van der Waals surface area contributed by atoms with Crippen molar-refractivity contribution in [2.75, 3.05) is 5.32 Å². The number of carbonyl (C=O) groups is 1. The van der Waals surface area contributed by atoms with Gasteiger partial charge >= 0.3 is 0 Å². The predicted molar refractivity (Wildman–Crippen MR) is 85.5 cm³/mol. The van der Waals surface area contributed by atoms with Crippen molar-refractivity contribution in [2.24, 2.45) is 0 Å². The summed E-state index contributed by atoms with van der Waals surface area (Å²) in [6.45, 7) is 0. The number of anilines is 1. The van der Waals surface area contributed by atoms with Gasteiger partial charge in [0, 0.05) is 16.7 Å². The molecule has 0 unspecified atom stereocenters. The molecule has 21 heavy (non-hydrogen) atoms. The molecule has 2 aromatic rings. The molecule has 0 bridgehead atoms. The van der Waals surface area contributed by atoms with Crippen molar-refractivity contribution in [3.8, 4) is 0 Å². The number of halogens is 4. The Balaban J connectivity index is 2.13. The van der Waals surface area contributed by atoms with E-state index in [9.17, 15) is 9.18 Å². The summed E-state index contributed by atoms with van der Waals surface area (Å²) in [5.41, 5.74) is 0.562. The van der Waals surface area contributed by atoms with Gasteiger partial charge in [0.05, 0.1) is 15.7 Å². The van der Waals surface area contributed by atoms with Crippen LogP contribution in [-0.2, 0) is 4.79 Å². The number of rotatable bonds is 3. The van der Waals surface area contributed by atoms with Crippen molar-refractivity contribution in [3.05, 3.63) is 68.9 Å². The zero-order valence-electron chi connectivity index (χ0n) is 10.5. The fourth-order valence-corrected chi connectivity index (χ4v) is 2.28. The Hall–Kier alpha value is -1.55. The van der Waals surface area contributed by atoms with Gasteiger partial charge in [-0.2, -0.15) is 0 Å². The summed E-state index contributed by atoms with van der Waals surface area (Å²) < 4.78 is 13.5. The van der Waals surface area contributed by atoms with Crippen LogP contribution >= 0.6 is 34.8 Å². The molecule has 0 aliphatic carbocycles. The van der Waals surface area contributed by atoms with E-state index < -0.39 is 11.7 Å². The van der Waals surface area contributed by atoms with Crippen LogP contribution in [0.4, 0.5) is 10.1 Å². The van der Waals surface area contributed by atoms with Crippen molar-refractivity contribution >= 4 is 52.5 Å². The monoisotopic (exact) mass is 343 g/mol. The highest BCUT2D eigenvalue weighted by Crippen LogP contribution is 2.25. The van der Waals surface area contributed by atoms with E-state index >= 15 is 0 Å². The average molecular weight is 345 g/mol. The Kier molecular flexibility index (Phi) is 5.23. The fourth-order valence-electron chi connectivity index (χ4n) is 1.59. The summed E-state index contributed by atoms with van der Waals surface area (Å²) in [6.07, 6.45) is 2.48. The maximum atomic E-state index is 13.5. The van der Waals surface area contributed by atoms with Crippen LogP contribution < -0.4 is 5.32 Å². The molecule has 0 fully saturated rings. The third kappa shape index (κ3) is 4.21. The largest absolute Gasteiger partial charge is 0.321 e. The number of hydrogen-bond donors (Lipinski definition) is 1. The maximum Gasteiger partial charge on any atom is 0.248 e. The molecule has 1 amide bonds. The molecule has 0 aromatic heterocycles. The Morgan fingerprint density at radius 2 is 1.86 bits per heavy atom. The van der Waals surface area contributed by atoms with E-state index in [-0.39, 0.29) is 10.6 Å². The van der Waals surface area contributed by atoms with Crippen LogP contribution in [0.1, 0.15) is 5.56 Å². The molecule has 2 aromatic carbocycles. The summed E-state index contributed by atoms with van der Waals surface area (Å²) in [5, 5.41) is 3.57. The lowest BCUT2D eigenvalue weighted by atomic mass is 10.2. The highest BCUT2D eigenvalue weighted by Gasteiger charge is 2.06. The van der Waals surface area contributed by atoms with E-state index in [2.05, 4.69) is 5.32 Å². The molecule has 0 aliphatic heterocycles. The second kappa shape index (κ2) is 6.94. The quantitative estimate of drug-likeness (QED) is 0.738. The van der Waals surface area contributed by atoms with E-state index in [0.717, 1.165) is 0 Å². The molecule has 2 rings (SSSR count). The lowest BCUT2D eigenvalue weighted by Gasteiger charge is -2.05. The highest BCUT2D eigenvalue weighted by atomic mass is 35.5. The van der Waals surface area contributed by atoms with Crippen LogP contribution in [0.5, 0.6) is 0 Å². The first-order chi connectivity index (χ1) is 9.97. The van der Waals surface area contributed by atoms with Gasteiger partial charge in [-0.25, -0.2) is 4.39 Å². The van der Waals surface area contributed by atoms with E-state index in [1.165, 1.54) is 36.4 Å². The Labute approximate surface area is 136 Å². The Morgan fingerprint density at radius 3 is 2.52 bits per heavy atom. The zero-order valence-corrected chi connectivity index (χ0v) is 12.8. The number of amides is 1. The molecule has 0 radical (unpaired) electrons. The molecule has 0 spiro atoms. The second-order valence-electron chi connectivity index (χ2n) is 4.08. The molecular formula is C15H9Cl3FNO. The van der Waals surface area contributed by atoms with Crippen LogP contribution in [0.25, 0.3) is 6.08 Å². The third-order valence-corrected chi connectivity index (χ3v) is 3.47. The molecule has 0 saturated carbocycles. The first kappa shape index (κ1) is 15.8. The number of hydrogen-bond acceptors (Lipinski definition) is 1. The molecule has 6 heteroatoms. The minimum Gasteiger partial charge on any atom is -0.321 e. The van der Waals surface area contributed by atoms with Crippen molar-refractivity contribution in [1.82, 2.24) is 0 Å². The lowest BCUT2D eigenvalue weighted by Crippen LogP contribution is -2.08. The summed E-state index contributed by atoms with van der Waals surface area (Å²) in [6, 6.07) is 8.98. The van der Waals surface area contributed by atoms with Crippen molar-refractivity contribution in [3.63, 3.8) is 0 Å². The van der Waals surface area contributed by atoms with Crippen LogP contribution in [-0.4, -0.2) is 5.91 Å². The Morgan fingerprint density at radius 1 is 1.10 bits per heavy atom. The van der Waals surface area contributed by atoms with E-state index in [1.54, 1.807) is 12.1 Å². The summed E-state index contributed by atoms with van der Waals surface area (Å²) in [4.78, 5) is 11.8. The van der Waals surface area contributed by atoms with Crippen LogP contribution in [0.15, 0.2) is 42.5 Å². The van der Waals surface area contributed by atoms with Crippen molar-refractivity contribution in [2.45, 2.75) is 0 Å². The Bertz CT molecular complexity index is 696. The van der Waals surface area contributed by atoms with E-state index in [4.69, 9.17) is 34.8 Å². The topological polar surface area (TPSA) is 29.1 Å². The van der Waals surface area contributed by atoms with Gasteiger partial charge in [-0.3, -0.25) is 4.79 Å². The van der Waals surface area contributed by atoms with Gasteiger partial charge in [-0.1, -0.05) is 40.9 Å². The minimum atomic E-state index is -0.504. The second-order valence-corrected chi connectivity index (χ2v) is 5.33. The highest BCUT2D eigenvalue weighted by molar-refractivity contribution is 6.36. The number of carbonyl (C=O) groups excluding carboxylic acids is 1. The summed E-state index contributed by atoms with van der Waals surface area (Å²) in [7, 11) is 0. The standard InChI is InChI=1S/C15H9Cl3FNO/c16-9-4-6-14(12(18)8-9)20-15(21)7-5-10-11(17)2-1-3-13(10)19/h1-8H,(H,20,21). The van der Waals surface area contributed by atoms with Gasteiger partial charge in [0.2, 0.25) is 5.91 Å². The minimum absolute atomic E-state index is 0.150. The van der Waals surface area contributed by atoms with Gasteiger partial charge in [-0.15, -0.1) is 0 Å². The van der Waals surface area contributed by atoms with Gasteiger partial charge in [-0.05, 0) is 36.4 Å². The molecule has 2 nitrogen and oxygen atoms in total. The SMILES string of the molecule is O=C(C=Cc1c(F)cccc1Cl)Nc1ccc(Cl)cc1Cl.